The summed E-state index contributed by atoms with van der Waals surface area (Å²) < 4.78 is 23.5. The topological polar surface area (TPSA) is 79.7 Å². The lowest BCUT2D eigenvalue weighted by atomic mass is 10.0. The Balaban J connectivity index is 1.47. The van der Waals surface area contributed by atoms with Crippen molar-refractivity contribution in [2.75, 3.05) is 50.1 Å². The average molecular weight is 488 g/mol. The van der Waals surface area contributed by atoms with E-state index < -0.39 is 17.2 Å². The molecule has 1 saturated heterocycles. The molecule has 0 unspecified atom stereocenters. The van der Waals surface area contributed by atoms with E-state index in [4.69, 9.17) is 4.74 Å². The van der Waals surface area contributed by atoms with Gasteiger partial charge in [-0.25, -0.2) is 4.39 Å². The maximum Gasteiger partial charge on any atom is 0.261 e. The van der Waals surface area contributed by atoms with Crippen molar-refractivity contribution in [3.05, 3.63) is 70.4 Å². The molecule has 1 fully saturated rings. The third-order valence-corrected chi connectivity index (χ3v) is 7.10. The van der Waals surface area contributed by atoms with Crippen LogP contribution in [0, 0.1) is 5.82 Å². The Morgan fingerprint density at radius 2 is 1.94 bits per heavy atom. The number of hydrogen-bond acceptors (Lipinski definition) is 6. The number of nitrogens with zero attached hydrogens (tertiary/aromatic N) is 4. The third-order valence-electron chi connectivity index (χ3n) is 7.10. The number of likely N-dealkylation sites (N-methyl/N-ethyl adjacent to an activating group) is 1. The van der Waals surface area contributed by atoms with Gasteiger partial charge < -0.3 is 24.4 Å². The third kappa shape index (κ3) is 3.58. The van der Waals surface area contributed by atoms with E-state index in [0.29, 0.717) is 42.3 Å². The monoisotopic (exact) mass is 487 g/mol. The van der Waals surface area contributed by atoms with Gasteiger partial charge in [-0.15, -0.1) is 0 Å². The molecule has 0 saturated carbocycles. The lowest BCUT2D eigenvalue weighted by Gasteiger charge is -2.37. The molecule has 0 aliphatic carbocycles. The average Bonchev–Trinajstić information content (AvgIpc) is 2.88. The van der Waals surface area contributed by atoms with E-state index in [1.165, 1.54) is 6.07 Å². The summed E-state index contributed by atoms with van der Waals surface area (Å²) in [4.78, 5) is 35.4. The summed E-state index contributed by atoms with van der Waals surface area (Å²) in [5.41, 5.74) is 1.62. The van der Waals surface area contributed by atoms with Gasteiger partial charge in [0.1, 0.15) is 17.9 Å². The molecule has 36 heavy (non-hydrogen) atoms. The Morgan fingerprint density at radius 3 is 2.75 bits per heavy atom. The highest BCUT2D eigenvalue weighted by Gasteiger charge is 2.31. The second-order valence-electron chi connectivity index (χ2n) is 9.49. The summed E-state index contributed by atoms with van der Waals surface area (Å²) in [6, 6.07) is 10.2. The lowest BCUT2D eigenvalue weighted by molar-refractivity contribution is 0.102. The van der Waals surface area contributed by atoms with E-state index in [1.54, 1.807) is 30.6 Å². The van der Waals surface area contributed by atoms with Gasteiger partial charge >= 0.3 is 0 Å². The first-order valence-electron chi connectivity index (χ1n) is 12.0. The highest BCUT2D eigenvalue weighted by molar-refractivity contribution is 6.10. The summed E-state index contributed by atoms with van der Waals surface area (Å²) in [7, 11) is 2.04. The van der Waals surface area contributed by atoms with Gasteiger partial charge in [-0.2, -0.15) is 0 Å². The van der Waals surface area contributed by atoms with Crippen LogP contribution in [0.25, 0.3) is 21.8 Å². The largest absolute Gasteiger partial charge is 0.487 e. The van der Waals surface area contributed by atoms with Crippen molar-refractivity contribution in [2.45, 2.75) is 13.0 Å². The van der Waals surface area contributed by atoms with E-state index in [1.807, 2.05) is 35.6 Å². The van der Waals surface area contributed by atoms with E-state index >= 15 is 4.39 Å². The number of aromatic nitrogens is 2. The quantitative estimate of drug-likeness (QED) is 0.475. The highest BCUT2D eigenvalue weighted by Crippen LogP contribution is 2.42. The van der Waals surface area contributed by atoms with Crippen LogP contribution in [0.15, 0.2) is 53.6 Å². The van der Waals surface area contributed by atoms with Gasteiger partial charge in [0.05, 0.1) is 28.1 Å². The normalized spacial score (nSPS) is 17.9. The first-order valence-corrected chi connectivity index (χ1v) is 12.0. The molecule has 184 valence electrons. The van der Waals surface area contributed by atoms with Crippen LogP contribution in [0.1, 0.15) is 23.3 Å². The minimum absolute atomic E-state index is 0.0464. The maximum atomic E-state index is 15.5. The summed E-state index contributed by atoms with van der Waals surface area (Å²) >= 11 is 0. The number of hydrogen-bond donors (Lipinski definition) is 1. The van der Waals surface area contributed by atoms with Gasteiger partial charge in [-0.1, -0.05) is 6.07 Å². The Morgan fingerprint density at radius 1 is 1.14 bits per heavy atom. The van der Waals surface area contributed by atoms with Gasteiger partial charge in [-0.3, -0.25) is 14.6 Å². The predicted molar refractivity (Wildman–Crippen MR) is 138 cm³/mol. The zero-order valence-electron chi connectivity index (χ0n) is 20.1. The number of amides is 1. The van der Waals surface area contributed by atoms with Crippen molar-refractivity contribution in [3.8, 4) is 5.75 Å². The molecule has 4 heterocycles. The first kappa shape index (κ1) is 22.5. The summed E-state index contributed by atoms with van der Waals surface area (Å²) in [6.07, 6.45) is 3.26. The molecule has 9 heteroatoms. The number of nitrogens with one attached hydrogen (secondary N) is 1. The number of carbonyl (C=O) groups excluding carboxylic acids is 1. The SMILES string of the molecule is C[C@H]1COc2c(N3CCN(C)CC3)c(F)cc3c(=O)c(C(=O)Nc4cccc5ncccc45)cn1c23. The van der Waals surface area contributed by atoms with Crippen LogP contribution in [-0.4, -0.2) is 60.2 Å². The maximum absolute atomic E-state index is 15.5. The van der Waals surface area contributed by atoms with Crippen LogP contribution in [-0.2, 0) is 0 Å². The number of fused-ring (bicyclic) bond motifs is 1. The van der Waals surface area contributed by atoms with Crippen molar-refractivity contribution in [1.29, 1.82) is 0 Å². The number of rotatable bonds is 3. The second-order valence-corrected chi connectivity index (χ2v) is 9.49. The highest BCUT2D eigenvalue weighted by atomic mass is 19.1. The molecule has 6 rings (SSSR count). The number of piperazine rings is 1. The van der Waals surface area contributed by atoms with E-state index in [0.717, 1.165) is 24.0 Å². The lowest BCUT2D eigenvalue weighted by Crippen LogP contribution is -2.45. The van der Waals surface area contributed by atoms with Crippen molar-refractivity contribution < 1.29 is 13.9 Å². The van der Waals surface area contributed by atoms with Crippen LogP contribution >= 0.6 is 0 Å². The molecule has 2 aliphatic rings. The van der Waals surface area contributed by atoms with E-state index in [-0.39, 0.29) is 17.0 Å². The Bertz CT molecular complexity index is 1570. The molecule has 0 spiro atoms. The molecule has 1 amide bonds. The predicted octanol–water partition coefficient (Wildman–Crippen LogP) is 3.65. The van der Waals surface area contributed by atoms with Crippen LogP contribution in [0.3, 0.4) is 0 Å². The fourth-order valence-corrected chi connectivity index (χ4v) is 5.10. The van der Waals surface area contributed by atoms with Crippen LogP contribution in [0.5, 0.6) is 5.75 Å². The molecule has 4 aromatic rings. The van der Waals surface area contributed by atoms with Crippen LogP contribution in [0.2, 0.25) is 0 Å². The first-order chi connectivity index (χ1) is 17.4. The zero-order chi connectivity index (χ0) is 25.0. The number of pyridine rings is 2. The molecular formula is C27H26FN5O3. The van der Waals surface area contributed by atoms with Crippen LogP contribution < -0.4 is 20.4 Å². The van der Waals surface area contributed by atoms with E-state index in [9.17, 15) is 9.59 Å². The number of carbonyl (C=O) groups is 1. The van der Waals surface area contributed by atoms with Crippen molar-refractivity contribution in [2.24, 2.45) is 0 Å². The number of ether oxygens (including phenoxy) is 1. The molecule has 0 bridgehead atoms. The van der Waals surface area contributed by atoms with Crippen LogP contribution in [0.4, 0.5) is 15.8 Å². The second kappa shape index (κ2) is 8.60. The molecule has 1 atom stereocenters. The number of benzene rings is 2. The Labute approximate surface area is 206 Å². The van der Waals surface area contributed by atoms with Crippen molar-refractivity contribution in [1.82, 2.24) is 14.5 Å². The number of anilines is 2. The van der Waals surface area contributed by atoms with E-state index in [2.05, 4.69) is 15.2 Å². The minimum atomic E-state index is -0.550. The Kier molecular flexibility index (Phi) is 5.37. The molecule has 2 aliphatic heterocycles. The number of halogens is 1. The fourth-order valence-electron chi connectivity index (χ4n) is 5.10. The van der Waals surface area contributed by atoms with Gasteiger partial charge in [0.15, 0.2) is 11.6 Å². The van der Waals surface area contributed by atoms with Gasteiger partial charge in [-0.05, 0) is 44.3 Å². The zero-order valence-corrected chi connectivity index (χ0v) is 20.1. The molecule has 2 aromatic heterocycles. The molecule has 0 radical (unpaired) electrons. The van der Waals surface area contributed by atoms with Crippen molar-refractivity contribution >= 4 is 39.1 Å². The smallest absolute Gasteiger partial charge is 0.261 e. The molecule has 2 aromatic carbocycles. The van der Waals surface area contributed by atoms with Gasteiger partial charge in [0.2, 0.25) is 5.43 Å². The summed E-state index contributed by atoms with van der Waals surface area (Å²) in [6.45, 7) is 5.20. The van der Waals surface area contributed by atoms with Crippen molar-refractivity contribution in [3.63, 3.8) is 0 Å². The van der Waals surface area contributed by atoms with Gasteiger partial charge in [0, 0.05) is 44.0 Å². The fraction of sp³-hybridized carbons (Fsp3) is 0.296. The standard InChI is InChI=1S/C27H26FN5O3/c1-16-15-36-26-23-18(13-20(28)24(26)32-11-9-31(2)10-12-32)25(34)19(14-33(16)23)27(35)30-22-7-3-6-21-17(22)5-4-8-29-21/h3-8,13-14,16H,9-12,15H2,1-2H3,(H,30,35)/t16-/m0/s1. The molecule has 8 nitrogen and oxygen atoms in total. The summed E-state index contributed by atoms with van der Waals surface area (Å²) in [5, 5.41) is 3.76. The molecule has 1 N–H and O–H groups in total. The summed E-state index contributed by atoms with van der Waals surface area (Å²) in [5.74, 6) is -0.694. The molecular weight excluding hydrogens is 461 g/mol. The minimum Gasteiger partial charge on any atom is -0.487 e. The van der Waals surface area contributed by atoms with Gasteiger partial charge in [0.25, 0.3) is 5.91 Å². The Hall–Kier alpha value is -3.98.